The molecule has 0 spiro atoms. The number of nitrogens with two attached hydrogens (primary N) is 1. The molecule has 2 heterocycles. The third-order valence-electron chi connectivity index (χ3n) is 8.82. The fraction of sp³-hybridized carbons (Fsp3) is 0.353. The number of hydrogen-bond donors (Lipinski definition) is 1. The molecule has 2 amide bonds. The molecule has 1 saturated heterocycles. The van der Waals surface area contributed by atoms with Crippen LogP contribution in [0.1, 0.15) is 54.9 Å². The van der Waals surface area contributed by atoms with E-state index in [0.29, 0.717) is 67.2 Å². The van der Waals surface area contributed by atoms with Crippen molar-refractivity contribution in [2.24, 2.45) is 17.6 Å². The number of hydrogen-bond acceptors (Lipinski definition) is 4. The molecular formula is C34H34ClF4N3O4S. The van der Waals surface area contributed by atoms with Crippen molar-refractivity contribution in [3.05, 3.63) is 93.8 Å². The van der Waals surface area contributed by atoms with Gasteiger partial charge >= 0.3 is 6.18 Å². The fourth-order valence-electron chi connectivity index (χ4n) is 6.26. The van der Waals surface area contributed by atoms with Crippen molar-refractivity contribution in [3.8, 4) is 0 Å². The van der Waals surface area contributed by atoms with Crippen molar-refractivity contribution < 1.29 is 35.6 Å². The van der Waals surface area contributed by atoms with Crippen molar-refractivity contribution in [2.45, 2.75) is 50.1 Å². The van der Waals surface area contributed by atoms with Crippen molar-refractivity contribution >= 4 is 50.8 Å². The maximum atomic E-state index is 14.6. The molecule has 7 nitrogen and oxygen atoms in total. The zero-order chi connectivity index (χ0) is 34.1. The van der Waals surface area contributed by atoms with Gasteiger partial charge in [0.25, 0.3) is 10.0 Å². The average Bonchev–Trinajstić information content (AvgIpc) is 3.03. The van der Waals surface area contributed by atoms with E-state index in [2.05, 4.69) is 0 Å². The highest BCUT2D eigenvalue weighted by atomic mass is 35.5. The second kappa shape index (κ2) is 13.7. The van der Waals surface area contributed by atoms with E-state index >= 15 is 0 Å². The zero-order valence-electron chi connectivity index (χ0n) is 25.6. The van der Waals surface area contributed by atoms with E-state index in [1.54, 1.807) is 42.2 Å². The van der Waals surface area contributed by atoms with Crippen LogP contribution >= 0.6 is 11.6 Å². The van der Waals surface area contributed by atoms with Gasteiger partial charge in [0.1, 0.15) is 5.82 Å². The van der Waals surface area contributed by atoms with Gasteiger partial charge in [-0.3, -0.25) is 13.9 Å². The minimum absolute atomic E-state index is 0.0616. The Hall–Kier alpha value is -3.90. The summed E-state index contributed by atoms with van der Waals surface area (Å²) in [7, 11) is -4.48. The minimum Gasteiger partial charge on any atom is -0.369 e. The number of halogens is 5. The van der Waals surface area contributed by atoms with Crippen LogP contribution in [-0.4, -0.2) is 44.8 Å². The molecule has 5 rings (SSSR count). The molecule has 13 heteroatoms. The maximum absolute atomic E-state index is 14.6. The molecule has 0 saturated carbocycles. The summed E-state index contributed by atoms with van der Waals surface area (Å²) in [5, 5.41) is 0.208. The van der Waals surface area contributed by atoms with Gasteiger partial charge in [0.15, 0.2) is 0 Å². The molecule has 1 atom stereocenters. The van der Waals surface area contributed by atoms with E-state index < -0.39 is 32.5 Å². The molecule has 3 aromatic carbocycles. The quantitative estimate of drug-likeness (QED) is 0.205. The molecule has 47 heavy (non-hydrogen) atoms. The number of fused-ring (bicyclic) bond motifs is 1. The summed E-state index contributed by atoms with van der Waals surface area (Å²) in [5.74, 6) is -1.60. The first-order valence-corrected chi connectivity index (χ1v) is 17.0. The van der Waals surface area contributed by atoms with E-state index in [4.69, 9.17) is 17.3 Å². The minimum atomic E-state index is -4.75. The molecule has 0 radical (unpaired) electrons. The summed E-state index contributed by atoms with van der Waals surface area (Å²) in [6.45, 7) is 2.42. The summed E-state index contributed by atoms with van der Waals surface area (Å²) in [5.41, 5.74) is 6.47. The van der Waals surface area contributed by atoms with Crippen molar-refractivity contribution in [1.29, 1.82) is 0 Å². The Labute approximate surface area is 276 Å². The number of amides is 2. The van der Waals surface area contributed by atoms with Crippen LogP contribution in [0, 0.1) is 17.7 Å². The van der Waals surface area contributed by atoms with Gasteiger partial charge in [0.2, 0.25) is 11.8 Å². The van der Waals surface area contributed by atoms with E-state index in [-0.39, 0.29) is 47.2 Å². The second-order valence-electron chi connectivity index (χ2n) is 12.0. The van der Waals surface area contributed by atoms with Crippen molar-refractivity contribution in [1.82, 2.24) is 4.90 Å². The zero-order valence-corrected chi connectivity index (χ0v) is 27.1. The van der Waals surface area contributed by atoms with Crippen LogP contribution in [0.3, 0.4) is 0 Å². The Bertz CT molecular complexity index is 1800. The Morgan fingerprint density at radius 2 is 1.74 bits per heavy atom. The first kappa shape index (κ1) is 34.4. The molecule has 0 bridgehead atoms. The Kier molecular flexibility index (Phi) is 10.0. The largest absolute Gasteiger partial charge is 0.416 e. The smallest absolute Gasteiger partial charge is 0.369 e. The number of sulfonamides is 1. The lowest BCUT2D eigenvalue weighted by Crippen LogP contribution is -2.43. The third-order valence-corrected chi connectivity index (χ3v) is 10.9. The molecule has 250 valence electrons. The predicted octanol–water partition coefficient (Wildman–Crippen LogP) is 6.93. The number of piperidine rings is 1. The van der Waals surface area contributed by atoms with E-state index in [1.807, 2.05) is 0 Å². The molecule has 2 aliphatic rings. The highest BCUT2D eigenvalue weighted by molar-refractivity contribution is 7.92. The number of benzene rings is 3. The van der Waals surface area contributed by atoms with Crippen LogP contribution in [0.25, 0.3) is 11.6 Å². The maximum Gasteiger partial charge on any atom is 0.416 e. The number of carbonyl (C=O) groups excluding carboxylic acids is 2. The van der Waals surface area contributed by atoms with Gasteiger partial charge in [-0.05, 0) is 91.6 Å². The highest BCUT2D eigenvalue weighted by Gasteiger charge is 2.37. The molecular weight excluding hydrogens is 658 g/mol. The van der Waals surface area contributed by atoms with Gasteiger partial charge in [-0.25, -0.2) is 12.8 Å². The summed E-state index contributed by atoms with van der Waals surface area (Å²) >= 11 is 6.24. The standard InChI is InChI=1S/C34H34ClF4N3O4S/c1-21(32-28(35)6-3-7-29(32)36)16-22-8-10-25-17-23(9-11-31(43)41-14-12-24(13-15-41)33(40)44)20-42(30(25)18-22)47(45,46)27-5-2-4-26(19-27)34(37,38)39/h2-8,10,16,18-19,23-24H,9,11-15,17,20H2,1H3,(H2,40,44)/b21-16+/t23-/m1/s1. The van der Waals surface area contributed by atoms with Crippen LogP contribution in [-0.2, 0) is 32.2 Å². The number of nitrogens with zero attached hydrogens (tertiary/aromatic N) is 2. The Morgan fingerprint density at radius 1 is 1.04 bits per heavy atom. The van der Waals surface area contributed by atoms with Crippen LogP contribution in [0.4, 0.5) is 23.2 Å². The molecule has 1 fully saturated rings. The number of alkyl halides is 3. The van der Waals surface area contributed by atoms with Crippen molar-refractivity contribution in [3.63, 3.8) is 0 Å². The van der Waals surface area contributed by atoms with E-state index in [0.717, 1.165) is 22.5 Å². The molecule has 2 N–H and O–H groups in total. The first-order chi connectivity index (χ1) is 22.1. The van der Waals surface area contributed by atoms with Gasteiger partial charge in [-0.2, -0.15) is 13.2 Å². The number of carbonyl (C=O) groups is 2. The second-order valence-corrected chi connectivity index (χ2v) is 14.3. The van der Waals surface area contributed by atoms with E-state index in [9.17, 15) is 35.6 Å². The monoisotopic (exact) mass is 691 g/mol. The SMILES string of the molecule is C/C(=C\c1ccc2c(c1)N(S(=O)(=O)c1cccc(C(F)(F)F)c1)C[C@H](CCC(=O)N1CCC(C(N)=O)CC1)C2)c1c(F)cccc1Cl. The third kappa shape index (κ3) is 7.65. The van der Waals surface area contributed by atoms with Crippen LogP contribution in [0.2, 0.25) is 5.02 Å². The van der Waals surface area contributed by atoms with Gasteiger partial charge < -0.3 is 10.6 Å². The van der Waals surface area contributed by atoms with Crippen LogP contribution in [0.5, 0.6) is 0 Å². The lowest BCUT2D eigenvalue weighted by Gasteiger charge is -2.36. The predicted molar refractivity (Wildman–Crippen MR) is 172 cm³/mol. The number of allylic oxidation sites excluding steroid dienone is 1. The topological polar surface area (TPSA) is 101 Å². The number of primary amides is 1. The van der Waals surface area contributed by atoms with Crippen LogP contribution in [0.15, 0.2) is 65.6 Å². The molecule has 0 unspecified atom stereocenters. The summed E-state index contributed by atoms with van der Waals surface area (Å²) in [6.07, 6.45) is -1.20. The number of anilines is 1. The normalized spacial score (nSPS) is 17.8. The summed E-state index contributed by atoms with van der Waals surface area (Å²) in [6, 6.07) is 13.0. The van der Waals surface area contributed by atoms with E-state index in [1.165, 1.54) is 12.1 Å². The summed E-state index contributed by atoms with van der Waals surface area (Å²) < 4.78 is 84.5. The number of likely N-dealkylation sites (tertiary alicyclic amines) is 1. The lowest BCUT2D eigenvalue weighted by atomic mass is 9.89. The van der Waals surface area contributed by atoms with Gasteiger partial charge in [0, 0.05) is 37.5 Å². The van der Waals surface area contributed by atoms with Gasteiger partial charge in [0.05, 0.1) is 21.2 Å². The highest BCUT2D eigenvalue weighted by Crippen LogP contribution is 2.39. The fourth-order valence-corrected chi connectivity index (χ4v) is 8.19. The van der Waals surface area contributed by atoms with Gasteiger partial charge in [-0.15, -0.1) is 0 Å². The molecule has 0 aromatic heterocycles. The molecule has 0 aliphatic carbocycles. The number of rotatable bonds is 8. The van der Waals surface area contributed by atoms with Gasteiger partial charge in [-0.1, -0.05) is 41.9 Å². The Balaban J connectivity index is 1.46. The first-order valence-electron chi connectivity index (χ1n) is 15.2. The Morgan fingerprint density at radius 3 is 2.40 bits per heavy atom. The average molecular weight is 692 g/mol. The lowest BCUT2D eigenvalue weighted by molar-refractivity contribution is -0.137. The van der Waals surface area contributed by atoms with Crippen molar-refractivity contribution in [2.75, 3.05) is 23.9 Å². The summed E-state index contributed by atoms with van der Waals surface area (Å²) in [4.78, 5) is 25.7. The molecule has 2 aliphatic heterocycles. The van der Waals surface area contributed by atoms with Crippen LogP contribution < -0.4 is 10.0 Å². The molecule has 3 aromatic rings.